The second-order valence-corrected chi connectivity index (χ2v) is 4.81. The lowest BCUT2D eigenvalue weighted by atomic mass is 10.1. The summed E-state index contributed by atoms with van der Waals surface area (Å²) in [7, 11) is 0. The Kier molecular flexibility index (Phi) is 3.75. The summed E-state index contributed by atoms with van der Waals surface area (Å²) in [6.45, 7) is -1.00. The SMILES string of the molecule is FC(F)(F)Cn1ccnc1Cc1cccc(Br)c1. The number of imidazole rings is 1. The lowest BCUT2D eigenvalue weighted by molar-refractivity contribution is -0.141. The first-order valence-corrected chi connectivity index (χ1v) is 6.04. The molecule has 0 fully saturated rings. The normalized spacial score (nSPS) is 11.8. The minimum Gasteiger partial charge on any atom is -0.326 e. The number of alkyl halides is 3. The molecule has 0 bridgehead atoms. The molecule has 2 aromatic rings. The van der Waals surface area contributed by atoms with E-state index in [1.54, 1.807) is 0 Å². The van der Waals surface area contributed by atoms with Crippen LogP contribution in [0.25, 0.3) is 0 Å². The molecule has 0 radical (unpaired) electrons. The van der Waals surface area contributed by atoms with Gasteiger partial charge in [-0.1, -0.05) is 28.1 Å². The molecule has 0 unspecified atom stereocenters. The monoisotopic (exact) mass is 318 g/mol. The quantitative estimate of drug-likeness (QED) is 0.841. The molecule has 2 nitrogen and oxygen atoms in total. The van der Waals surface area contributed by atoms with Crippen LogP contribution in [0, 0.1) is 0 Å². The Bertz CT molecular complexity index is 534. The van der Waals surface area contributed by atoms with Gasteiger partial charge in [0.15, 0.2) is 0 Å². The van der Waals surface area contributed by atoms with E-state index < -0.39 is 12.7 Å². The van der Waals surface area contributed by atoms with Crippen LogP contribution in [0.4, 0.5) is 13.2 Å². The smallest absolute Gasteiger partial charge is 0.326 e. The van der Waals surface area contributed by atoms with Crippen molar-refractivity contribution >= 4 is 15.9 Å². The van der Waals surface area contributed by atoms with Crippen LogP contribution in [0.15, 0.2) is 41.1 Å². The van der Waals surface area contributed by atoms with Crippen LogP contribution in [0.1, 0.15) is 11.4 Å². The Morgan fingerprint density at radius 3 is 2.72 bits per heavy atom. The molecule has 0 atom stereocenters. The Morgan fingerprint density at radius 1 is 1.28 bits per heavy atom. The molecule has 0 saturated heterocycles. The van der Waals surface area contributed by atoms with Crippen LogP contribution in [-0.2, 0) is 13.0 Å². The van der Waals surface area contributed by atoms with Crippen molar-refractivity contribution in [1.29, 1.82) is 0 Å². The molecular weight excluding hydrogens is 309 g/mol. The summed E-state index contributed by atoms with van der Waals surface area (Å²) in [6, 6.07) is 7.44. The summed E-state index contributed by atoms with van der Waals surface area (Å²) in [4.78, 5) is 3.97. The summed E-state index contributed by atoms with van der Waals surface area (Å²) < 4.78 is 39.1. The topological polar surface area (TPSA) is 17.8 Å². The van der Waals surface area contributed by atoms with E-state index in [0.717, 1.165) is 14.6 Å². The van der Waals surface area contributed by atoms with Crippen LogP contribution in [-0.4, -0.2) is 15.7 Å². The van der Waals surface area contributed by atoms with E-state index in [4.69, 9.17) is 0 Å². The fourth-order valence-corrected chi connectivity index (χ4v) is 2.12. The third-order valence-corrected chi connectivity index (χ3v) is 2.90. The van der Waals surface area contributed by atoms with Gasteiger partial charge in [0.25, 0.3) is 0 Å². The molecule has 0 aliphatic heterocycles. The molecule has 2 rings (SSSR count). The highest BCUT2D eigenvalue weighted by atomic mass is 79.9. The van der Waals surface area contributed by atoms with Gasteiger partial charge in [-0.3, -0.25) is 0 Å². The molecule has 1 aromatic carbocycles. The first-order valence-electron chi connectivity index (χ1n) is 5.25. The van der Waals surface area contributed by atoms with Gasteiger partial charge in [-0.15, -0.1) is 0 Å². The standard InChI is InChI=1S/C12H10BrF3N2/c13-10-3-1-2-9(6-10)7-11-17-4-5-18(11)8-12(14,15)16/h1-6H,7-8H2. The number of hydrogen-bond acceptors (Lipinski definition) is 1. The molecule has 0 amide bonds. The summed E-state index contributed by atoms with van der Waals surface area (Å²) in [5.74, 6) is 0.408. The van der Waals surface area contributed by atoms with Gasteiger partial charge in [0.2, 0.25) is 0 Å². The predicted octanol–water partition coefficient (Wildman–Crippen LogP) is 3.80. The minimum atomic E-state index is -4.23. The first kappa shape index (κ1) is 13.1. The number of hydrogen-bond donors (Lipinski definition) is 0. The number of aromatic nitrogens is 2. The average molecular weight is 319 g/mol. The maximum atomic E-state index is 12.3. The highest BCUT2D eigenvalue weighted by Gasteiger charge is 2.28. The molecule has 0 aliphatic rings. The molecule has 0 N–H and O–H groups in total. The van der Waals surface area contributed by atoms with E-state index in [0.29, 0.717) is 12.2 Å². The minimum absolute atomic E-state index is 0.377. The van der Waals surface area contributed by atoms with Crippen LogP contribution >= 0.6 is 15.9 Å². The first-order chi connectivity index (χ1) is 8.44. The van der Waals surface area contributed by atoms with E-state index in [1.165, 1.54) is 12.4 Å². The van der Waals surface area contributed by atoms with E-state index in [2.05, 4.69) is 20.9 Å². The van der Waals surface area contributed by atoms with Crippen molar-refractivity contribution in [2.24, 2.45) is 0 Å². The Balaban J connectivity index is 2.17. The van der Waals surface area contributed by atoms with Gasteiger partial charge in [-0.25, -0.2) is 4.98 Å². The van der Waals surface area contributed by atoms with Crippen molar-refractivity contribution in [3.8, 4) is 0 Å². The van der Waals surface area contributed by atoms with Gasteiger partial charge in [-0.05, 0) is 17.7 Å². The second-order valence-electron chi connectivity index (χ2n) is 3.89. The zero-order valence-electron chi connectivity index (χ0n) is 9.28. The van der Waals surface area contributed by atoms with Crippen molar-refractivity contribution in [3.05, 3.63) is 52.5 Å². The van der Waals surface area contributed by atoms with E-state index >= 15 is 0 Å². The van der Waals surface area contributed by atoms with Crippen LogP contribution in [0.5, 0.6) is 0 Å². The van der Waals surface area contributed by atoms with Crippen molar-refractivity contribution < 1.29 is 13.2 Å². The maximum Gasteiger partial charge on any atom is 0.406 e. The predicted molar refractivity (Wildman–Crippen MR) is 65.2 cm³/mol. The highest BCUT2D eigenvalue weighted by molar-refractivity contribution is 9.10. The lowest BCUT2D eigenvalue weighted by Gasteiger charge is -2.10. The molecule has 0 aliphatic carbocycles. The largest absolute Gasteiger partial charge is 0.406 e. The number of nitrogens with zero attached hydrogens (tertiary/aromatic N) is 2. The van der Waals surface area contributed by atoms with E-state index in [-0.39, 0.29) is 0 Å². The zero-order chi connectivity index (χ0) is 13.2. The molecule has 1 heterocycles. The van der Waals surface area contributed by atoms with Crippen LogP contribution < -0.4 is 0 Å². The summed E-state index contributed by atoms with van der Waals surface area (Å²) in [6.07, 6.45) is -1.12. The molecule has 96 valence electrons. The zero-order valence-corrected chi connectivity index (χ0v) is 10.9. The van der Waals surface area contributed by atoms with E-state index in [9.17, 15) is 13.2 Å². The fraction of sp³-hybridized carbons (Fsp3) is 0.250. The van der Waals surface area contributed by atoms with Crippen molar-refractivity contribution in [2.45, 2.75) is 19.1 Å². The van der Waals surface area contributed by atoms with Gasteiger partial charge in [0.1, 0.15) is 12.4 Å². The summed E-state index contributed by atoms with van der Waals surface area (Å²) in [5, 5.41) is 0. The Hall–Kier alpha value is -1.30. The van der Waals surface area contributed by atoms with E-state index in [1.807, 2.05) is 24.3 Å². The van der Waals surface area contributed by atoms with Gasteiger partial charge < -0.3 is 4.57 Å². The summed E-state index contributed by atoms with van der Waals surface area (Å²) >= 11 is 3.33. The highest BCUT2D eigenvalue weighted by Crippen LogP contribution is 2.20. The fourth-order valence-electron chi connectivity index (χ4n) is 1.67. The van der Waals surface area contributed by atoms with Gasteiger partial charge in [0, 0.05) is 23.3 Å². The molecule has 0 saturated carbocycles. The molecule has 1 aromatic heterocycles. The van der Waals surface area contributed by atoms with Crippen LogP contribution in [0.2, 0.25) is 0 Å². The second kappa shape index (κ2) is 5.14. The third kappa shape index (κ3) is 3.60. The van der Waals surface area contributed by atoms with Crippen molar-refractivity contribution in [3.63, 3.8) is 0 Å². The average Bonchev–Trinajstić information content (AvgIpc) is 2.63. The number of benzene rings is 1. The molecule has 6 heteroatoms. The number of rotatable bonds is 3. The molecule has 18 heavy (non-hydrogen) atoms. The lowest BCUT2D eigenvalue weighted by Crippen LogP contribution is -2.19. The summed E-state index contributed by atoms with van der Waals surface area (Å²) in [5.41, 5.74) is 0.916. The molecule has 0 spiro atoms. The Labute approximate surface area is 111 Å². The van der Waals surface area contributed by atoms with Gasteiger partial charge in [0.05, 0.1) is 0 Å². The van der Waals surface area contributed by atoms with Gasteiger partial charge in [-0.2, -0.15) is 13.2 Å². The van der Waals surface area contributed by atoms with Crippen molar-refractivity contribution in [2.75, 3.05) is 0 Å². The molecular formula is C12H10BrF3N2. The Morgan fingerprint density at radius 2 is 2.06 bits per heavy atom. The van der Waals surface area contributed by atoms with Crippen molar-refractivity contribution in [1.82, 2.24) is 9.55 Å². The van der Waals surface area contributed by atoms with Crippen LogP contribution in [0.3, 0.4) is 0 Å². The third-order valence-electron chi connectivity index (χ3n) is 2.40. The van der Waals surface area contributed by atoms with Gasteiger partial charge >= 0.3 is 6.18 Å². The maximum absolute atomic E-state index is 12.3. The number of halogens is 4.